The molecule has 0 unspecified atom stereocenters. The van der Waals surface area contributed by atoms with Crippen molar-refractivity contribution in [3.63, 3.8) is 0 Å². The van der Waals surface area contributed by atoms with Crippen molar-refractivity contribution in [1.29, 1.82) is 0 Å². The van der Waals surface area contributed by atoms with Gasteiger partial charge in [0.25, 0.3) is 5.91 Å². The Morgan fingerprint density at radius 1 is 0.943 bits per heavy atom. The summed E-state index contributed by atoms with van der Waals surface area (Å²) in [5, 5.41) is 1.32. The molecule has 4 nitrogen and oxygen atoms in total. The van der Waals surface area contributed by atoms with E-state index in [2.05, 4.69) is 86.5 Å². The lowest BCUT2D eigenvalue weighted by Crippen LogP contribution is -2.41. The number of para-hydroxylation sites is 1. The van der Waals surface area contributed by atoms with Crippen LogP contribution in [-0.4, -0.2) is 33.8 Å². The van der Waals surface area contributed by atoms with E-state index in [-0.39, 0.29) is 17.9 Å². The maximum absolute atomic E-state index is 13.9. The van der Waals surface area contributed by atoms with Crippen molar-refractivity contribution in [1.82, 2.24) is 14.8 Å². The first kappa shape index (κ1) is 21.0. The van der Waals surface area contributed by atoms with Gasteiger partial charge in [0.1, 0.15) is 5.70 Å². The summed E-state index contributed by atoms with van der Waals surface area (Å²) >= 11 is 3.59. The molecule has 0 saturated heterocycles. The van der Waals surface area contributed by atoms with E-state index in [1.165, 1.54) is 38.9 Å². The zero-order valence-electron chi connectivity index (χ0n) is 19.4. The number of hydrogen-bond donors (Lipinski definition) is 1. The number of nitrogens with zero attached hydrogens (tertiary/aromatic N) is 2. The highest BCUT2D eigenvalue weighted by molar-refractivity contribution is 9.10. The lowest BCUT2D eigenvalue weighted by atomic mass is 9.78. The van der Waals surface area contributed by atoms with Crippen LogP contribution in [-0.2, 0) is 17.8 Å². The molecule has 1 N–H and O–H groups in total. The average molecular weight is 524 g/mol. The molecule has 7 rings (SSSR count). The highest BCUT2D eigenvalue weighted by Crippen LogP contribution is 2.50. The largest absolute Gasteiger partial charge is 0.358 e. The van der Waals surface area contributed by atoms with Crippen LogP contribution in [0.25, 0.3) is 10.9 Å². The molecule has 0 bridgehead atoms. The second-order valence-electron chi connectivity index (χ2n) is 9.88. The third-order valence-electron chi connectivity index (χ3n) is 7.97. The van der Waals surface area contributed by atoms with Crippen LogP contribution in [0.2, 0.25) is 0 Å². The van der Waals surface area contributed by atoms with Gasteiger partial charge in [0, 0.05) is 46.6 Å². The smallest absolute Gasteiger partial charge is 0.270 e. The van der Waals surface area contributed by atoms with E-state index in [1.54, 1.807) is 0 Å². The van der Waals surface area contributed by atoms with Crippen LogP contribution < -0.4 is 0 Å². The Hall–Kier alpha value is -3.31. The van der Waals surface area contributed by atoms with E-state index in [0.29, 0.717) is 13.1 Å². The van der Waals surface area contributed by atoms with E-state index in [1.807, 2.05) is 23.1 Å². The number of carbonyl (C=O) groups is 1. The minimum atomic E-state index is 0.176. The fourth-order valence-corrected chi connectivity index (χ4v) is 6.65. The van der Waals surface area contributed by atoms with Crippen molar-refractivity contribution in [3.05, 3.63) is 117 Å². The first-order chi connectivity index (χ1) is 17.2. The molecule has 0 spiro atoms. The lowest BCUT2D eigenvalue weighted by molar-refractivity contribution is -0.127. The van der Waals surface area contributed by atoms with Gasteiger partial charge in [0.15, 0.2) is 0 Å². The first-order valence-electron chi connectivity index (χ1n) is 12.3. The van der Waals surface area contributed by atoms with Gasteiger partial charge in [-0.05, 0) is 53.3 Å². The molecule has 3 aliphatic heterocycles. The second-order valence-corrected chi connectivity index (χ2v) is 10.8. The Kier molecular flexibility index (Phi) is 4.88. The summed E-state index contributed by atoms with van der Waals surface area (Å²) in [5.74, 6) is 0.400. The highest BCUT2D eigenvalue weighted by atomic mass is 79.9. The Bertz CT molecular complexity index is 1470. The summed E-state index contributed by atoms with van der Waals surface area (Å²) in [6.07, 6.45) is 1.94. The maximum Gasteiger partial charge on any atom is 0.270 e. The van der Waals surface area contributed by atoms with Gasteiger partial charge in [-0.15, -0.1) is 0 Å². The number of H-pyrrole nitrogens is 1. The number of rotatable bonds is 3. The molecule has 3 aromatic carbocycles. The summed E-state index contributed by atoms with van der Waals surface area (Å²) in [4.78, 5) is 22.1. The number of aromatic nitrogens is 1. The molecule has 2 atom stereocenters. The van der Waals surface area contributed by atoms with Crippen molar-refractivity contribution < 1.29 is 4.79 Å². The Morgan fingerprint density at radius 3 is 2.54 bits per heavy atom. The van der Waals surface area contributed by atoms with Crippen molar-refractivity contribution in [2.24, 2.45) is 0 Å². The zero-order valence-corrected chi connectivity index (χ0v) is 21.0. The molecule has 5 heteroatoms. The van der Waals surface area contributed by atoms with Crippen LogP contribution in [0.5, 0.6) is 0 Å². The number of fused-ring (bicyclic) bond motifs is 6. The number of halogens is 1. The summed E-state index contributed by atoms with van der Waals surface area (Å²) in [7, 11) is 0. The van der Waals surface area contributed by atoms with Crippen LogP contribution >= 0.6 is 15.9 Å². The second kappa shape index (κ2) is 8.13. The summed E-state index contributed by atoms with van der Waals surface area (Å²) in [5.41, 5.74) is 8.60. The molecule has 3 aliphatic rings. The maximum atomic E-state index is 13.9. The van der Waals surface area contributed by atoms with Crippen molar-refractivity contribution in [2.75, 3.05) is 13.1 Å². The van der Waals surface area contributed by atoms with Crippen LogP contribution in [0.1, 0.15) is 40.8 Å². The van der Waals surface area contributed by atoms with Crippen molar-refractivity contribution >= 4 is 32.7 Å². The number of aromatic amines is 1. The van der Waals surface area contributed by atoms with Crippen LogP contribution in [0.15, 0.2) is 94.6 Å². The van der Waals surface area contributed by atoms with Gasteiger partial charge in [0.2, 0.25) is 0 Å². The molecular formula is C30H26BrN3O. The normalized spacial score (nSPS) is 21.3. The van der Waals surface area contributed by atoms with Gasteiger partial charge in [-0.3, -0.25) is 4.79 Å². The van der Waals surface area contributed by atoms with Crippen LogP contribution in [0.3, 0.4) is 0 Å². The predicted octanol–water partition coefficient (Wildman–Crippen LogP) is 6.31. The van der Waals surface area contributed by atoms with Crippen LogP contribution in [0.4, 0.5) is 0 Å². The monoisotopic (exact) mass is 523 g/mol. The van der Waals surface area contributed by atoms with E-state index in [9.17, 15) is 4.79 Å². The zero-order chi connectivity index (χ0) is 23.5. The van der Waals surface area contributed by atoms with Gasteiger partial charge < -0.3 is 14.8 Å². The van der Waals surface area contributed by atoms with Gasteiger partial charge in [-0.1, -0.05) is 76.6 Å². The van der Waals surface area contributed by atoms with Gasteiger partial charge in [-0.2, -0.15) is 0 Å². The van der Waals surface area contributed by atoms with E-state index >= 15 is 0 Å². The summed E-state index contributed by atoms with van der Waals surface area (Å²) < 4.78 is 1.08. The molecule has 4 heterocycles. The molecule has 0 fully saturated rings. The fourth-order valence-electron chi connectivity index (χ4n) is 6.38. The highest BCUT2D eigenvalue weighted by Gasteiger charge is 2.46. The molecule has 0 saturated carbocycles. The van der Waals surface area contributed by atoms with E-state index in [4.69, 9.17) is 0 Å². The van der Waals surface area contributed by atoms with Crippen molar-refractivity contribution in [3.8, 4) is 0 Å². The Balaban J connectivity index is 1.32. The molecule has 174 valence electrons. The fraction of sp³-hybridized carbons (Fsp3) is 0.233. The minimum Gasteiger partial charge on any atom is -0.358 e. The predicted molar refractivity (Wildman–Crippen MR) is 142 cm³/mol. The Morgan fingerprint density at radius 2 is 1.71 bits per heavy atom. The molecule has 1 aromatic heterocycles. The minimum absolute atomic E-state index is 0.176. The Labute approximate surface area is 213 Å². The molecule has 0 aliphatic carbocycles. The quantitative estimate of drug-likeness (QED) is 0.341. The van der Waals surface area contributed by atoms with Crippen LogP contribution in [0, 0.1) is 0 Å². The molecule has 4 aromatic rings. The molecule has 35 heavy (non-hydrogen) atoms. The lowest BCUT2D eigenvalue weighted by Gasteiger charge is -2.43. The van der Waals surface area contributed by atoms with E-state index in [0.717, 1.165) is 29.6 Å². The average Bonchev–Trinajstić information content (AvgIpc) is 3.43. The molecule has 1 amide bonds. The number of hydrogen-bond acceptors (Lipinski definition) is 2. The number of nitrogens with one attached hydrogen (secondary N) is 1. The summed E-state index contributed by atoms with van der Waals surface area (Å²) in [6.45, 7) is 2.23. The third kappa shape index (κ3) is 3.36. The van der Waals surface area contributed by atoms with Gasteiger partial charge in [0.05, 0.1) is 6.04 Å². The number of carbonyl (C=O) groups excluding carboxylic acids is 1. The van der Waals surface area contributed by atoms with Crippen molar-refractivity contribution in [2.45, 2.75) is 31.3 Å². The van der Waals surface area contributed by atoms with E-state index < -0.39 is 0 Å². The molecular weight excluding hydrogens is 498 g/mol. The number of benzene rings is 3. The number of amides is 1. The molecule has 0 radical (unpaired) electrons. The topological polar surface area (TPSA) is 39.3 Å². The summed E-state index contributed by atoms with van der Waals surface area (Å²) in [6, 6.07) is 27.8. The van der Waals surface area contributed by atoms with Gasteiger partial charge >= 0.3 is 0 Å². The third-order valence-corrected chi connectivity index (χ3v) is 8.50. The first-order valence-corrected chi connectivity index (χ1v) is 13.1. The standard InChI is InChI=1S/C30H26BrN3O/c31-21-12-10-20(11-13-21)24-16-27-28-23(22-8-4-5-9-26(22)32-28)14-15-34(27)29-25(24)18-33(30(29)35)17-19-6-2-1-3-7-19/h1-13,24,27,32H,14-18H2/t24-,27-/m1/s1. The SMILES string of the molecule is O=C1C2=C(CN1Cc1ccccc1)[C@@H](c1ccc(Br)cc1)C[C@@H]1c3[nH]c4ccccc4c3CCN21. The van der Waals surface area contributed by atoms with Gasteiger partial charge in [-0.25, -0.2) is 0 Å².